The van der Waals surface area contributed by atoms with E-state index in [0.29, 0.717) is 6.54 Å². The van der Waals surface area contributed by atoms with Crippen LogP contribution < -0.4 is 10.6 Å². The van der Waals surface area contributed by atoms with Crippen molar-refractivity contribution in [3.8, 4) is 0 Å². The highest BCUT2D eigenvalue weighted by molar-refractivity contribution is 5.85. The van der Waals surface area contributed by atoms with E-state index in [1.165, 1.54) is 18.7 Å². The number of amides is 1. The number of imidazole rings is 1. The molecule has 1 aromatic rings. The summed E-state index contributed by atoms with van der Waals surface area (Å²) < 4.78 is 2.22. The minimum Gasteiger partial charge on any atom is -0.349 e. The second kappa shape index (κ2) is 7.86. The molecule has 1 unspecified atom stereocenters. The Labute approximate surface area is 131 Å². The number of rotatable bonds is 3. The Balaban J connectivity index is 0.000001000. The number of aryl methyl sites for hydroxylation is 2. The van der Waals surface area contributed by atoms with Gasteiger partial charge in [-0.05, 0) is 32.2 Å². The second-order valence-corrected chi connectivity index (χ2v) is 5.17. The quantitative estimate of drug-likeness (QED) is 0.885. The highest BCUT2D eigenvalue weighted by Crippen LogP contribution is 2.14. The third kappa shape index (κ3) is 3.87. The van der Waals surface area contributed by atoms with E-state index in [2.05, 4.69) is 26.4 Å². The Morgan fingerprint density at radius 3 is 2.95 bits per heavy atom. The summed E-state index contributed by atoms with van der Waals surface area (Å²) in [5.74, 6) is 1.28. The first-order chi connectivity index (χ1) is 8.83. The zero-order valence-electron chi connectivity index (χ0n) is 11.4. The van der Waals surface area contributed by atoms with Crippen molar-refractivity contribution in [3.63, 3.8) is 0 Å². The number of hydrogen-bond donors (Lipinski definition) is 2. The molecule has 114 valence electrons. The van der Waals surface area contributed by atoms with Gasteiger partial charge in [0, 0.05) is 19.2 Å². The van der Waals surface area contributed by atoms with Gasteiger partial charge < -0.3 is 15.2 Å². The molecule has 7 heteroatoms. The summed E-state index contributed by atoms with van der Waals surface area (Å²) in [6.07, 6.45) is 7.66. The first-order valence-electron chi connectivity index (χ1n) is 6.89. The SMILES string of the molecule is Cl.Cl.O=C(NCc1cn2c(n1)CCCC2)C1CCCN1. The molecule has 1 aromatic heterocycles. The van der Waals surface area contributed by atoms with Crippen molar-refractivity contribution in [2.24, 2.45) is 0 Å². The number of hydrogen-bond acceptors (Lipinski definition) is 3. The van der Waals surface area contributed by atoms with Crippen LogP contribution in [0.4, 0.5) is 0 Å². The van der Waals surface area contributed by atoms with E-state index in [0.717, 1.165) is 38.0 Å². The minimum atomic E-state index is 0. The van der Waals surface area contributed by atoms with E-state index in [9.17, 15) is 4.79 Å². The van der Waals surface area contributed by atoms with Crippen LogP contribution in [-0.4, -0.2) is 28.0 Å². The molecule has 1 fully saturated rings. The lowest BCUT2D eigenvalue weighted by molar-refractivity contribution is -0.122. The Hall–Kier alpha value is -0.780. The lowest BCUT2D eigenvalue weighted by atomic mass is 10.2. The third-order valence-electron chi connectivity index (χ3n) is 3.78. The summed E-state index contributed by atoms with van der Waals surface area (Å²) in [7, 11) is 0. The maximum atomic E-state index is 11.9. The van der Waals surface area contributed by atoms with Crippen molar-refractivity contribution in [3.05, 3.63) is 17.7 Å². The maximum absolute atomic E-state index is 11.9. The van der Waals surface area contributed by atoms with Gasteiger partial charge >= 0.3 is 0 Å². The normalized spacial score (nSPS) is 20.5. The van der Waals surface area contributed by atoms with Gasteiger partial charge in [0.15, 0.2) is 0 Å². The number of fused-ring (bicyclic) bond motifs is 1. The summed E-state index contributed by atoms with van der Waals surface area (Å²) in [6, 6.07) is 0.00207. The van der Waals surface area contributed by atoms with Gasteiger partial charge in [0.1, 0.15) is 5.82 Å². The lowest BCUT2D eigenvalue weighted by Crippen LogP contribution is -2.40. The predicted octanol–water partition coefficient (Wildman–Crippen LogP) is 1.43. The second-order valence-electron chi connectivity index (χ2n) is 5.17. The van der Waals surface area contributed by atoms with E-state index >= 15 is 0 Å². The van der Waals surface area contributed by atoms with Gasteiger partial charge in [-0.2, -0.15) is 0 Å². The number of nitrogens with zero attached hydrogens (tertiary/aromatic N) is 2. The highest BCUT2D eigenvalue weighted by Gasteiger charge is 2.21. The molecule has 2 aliphatic rings. The molecule has 0 radical (unpaired) electrons. The average Bonchev–Trinajstić information content (AvgIpc) is 3.04. The fourth-order valence-corrected chi connectivity index (χ4v) is 2.77. The van der Waals surface area contributed by atoms with Crippen molar-refractivity contribution < 1.29 is 4.79 Å². The Kier molecular flexibility index (Phi) is 6.79. The lowest BCUT2D eigenvalue weighted by Gasteiger charge is -2.11. The summed E-state index contributed by atoms with van der Waals surface area (Å²) >= 11 is 0. The molecule has 0 aromatic carbocycles. The molecule has 0 spiro atoms. The van der Waals surface area contributed by atoms with E-state index in [1.54, 1.807) is 0 Å². The first kappa shape index (κ1) is 17.3. The van der Waals surface area contributed by atoms with Crippen LogP contribution in [0.1, 0.15) is 37.2 Å². The van der Waals surface area contributed by atoms with Crippen LogP contribution in [0.3, 0.4) is 0 Å². The largest absolute Gasteiger partial charge is 0.349 e. The van der Waals surface area contributed by atoms with Crippen LogP contribution in [0.5, 0.6) is 0 Å². The molecule has 0 aliphatic carbocycles. The smallest absolute Gasteiger partial charge is 0.237 e. The van der Waals surface area contributed by atoms with Gasteiger partial charge in [-0.1, -0.05) is 0 Å². The zero-order valence-corrected chi connectivity index (χ0v) is 13.1. The van der Waals surface area contributed by atoms with E-state index in [-0.39, 0.29) is 36.8 Å². The van der Waals surface area contributed by atoms with Crippen LogP contribution in [0, 0.1) is 0 Å². The fourth-order valence-electron chi connectivity index (χ4n) is 2.77. The molecule has 2 N–H and O–H groups in total. The molecular formula is C13H22Cl2N4O. The van der Waals surface area contributed by atoms with Crippen LogP contribution in [0.15, 0.2) is 6.20 Å². The molecule has 3 rings (SSSR count). The first-order valence-corrected chi connectivity index (χ1v) is 6.89. The van der Waals surface area contributed by atoms with Crippen LogP contribution in [0.2, 0.25) is 0 Å². The summed E-state index contributed by atoms with van der Waals surface area (Å²) in [5.41, 5.74) is 0.984. The van der Waals surface area contributed by atoms with E-state index in [4.69, 9.17) is 0 Å². The zero-order chi connectivity index (χ0) is 12.4. The van der Waals surface area contributed by atoms with Crippen molar-refractivity contribution in [1.82, 2.24) is 20.2 Å². The topological polar surface area (TPSA) is 59.0 Å². The van der Waals surface area contributed by atoms with Gasteiger partial charge in [0.05, 0.1) is 18.3 Å². The van der Waals surface area contributed by atoms with Crippen LogP contribution >= 0.6 is 24.8 Å². The van der Waals surface area contributed by atoms with Gasteiger partial charge in [-0.25, -0.2) is 4.98 Å². The summed E-state index contributed by atoms with van der Waals surface area (Å²) in [4.78, 5) is 16.4. The molecule has 1 amide bonds. The monoisotopic (exact) mass is 320 g/mol. The van der Waals surface area contributed by atoms with Crippen molar-refractivity contribution in [2.45, 2.75) is 51.2 Å². The summed E-state index contributed by atoms with van der Waals surface area (Å²) in [5, 5.41) is 6.18. The van der Waals surface area contributed by atoms with Crippen LogP contribution in [0.25, 0.3) is 0 Å². The molecule has 0 saturated carbocycles. The van der Waals surface area contributed by atoms with Crippen molar-refractivity contribution in [2.75, 3.05) is 6.54 Å². The van der Waals surface area contributed by atoms with Gasteiger partial charge in [-0.15, -0.1) is 24.8 Å². The van der Waals surface area contributed by atoms with Gasteiger partial charge in [-0.3, -0.25) is 4.79 Å². The number of nitrogens with one attached hydrogen (secondary N) is 2. The van der Waals surface area contributed by atoms with Crippen LogP contribution in [-0.2, 0) is 24.3 Å². The van der Waals surface area contributed by atoms with E-state index < -0.39 is 0 Å². The molecule has 3 heterocycles. The Bertz CT molecular complexity index is 420. The maximum Gasteiger partial charge on any atom is 0.237 e. The number of halogens is 2. The minimum absolute atomic E-state index is 0. The van der Waals surface area contributed by atoms with Crippen molar-refractivity contribution in [1.29, 1.82) is 0 Å². The molecule has 1 saturated heterocycles. The number of carbonyl (C=O) groups excluding carboxylic acids is 1. The number of carbonyl (C=O) groups is 1. The standard InChI is InChI=1S/C13H20N4O.2ClH/c18-13(11-4-3-6-14-11)15-8-10-9-17-7-2-1-5-12(17)16-10;;/h9,11,14H,1-8H2,(H,15,18);2*1H. The Morgan fingerprint density at radius 1 is 1.40 bits per heavy atom. The van der Waals surface area contributed by atoms with E-state index in [1.807, 2.05) is 0 Å². The fraction of sp³-hybridized carbons (Fsp3) is 0.692. The van der Waals surface area contributed by atoms with Crippen molar-refractivity contribution >= 4 is 30.7 Å². The molecule has 0 bridgehead atoms. The molecular weight excluding hydrogens is 299 g/mol. The van der Waals surface area contributed by atoms with Gasteiger partial charge in [0.25, 0.3) is 0 Å². The molecule has 5 nitrogen and oxygen atoms in total. The molecule has 20 heavy (non-hydrogen) atoms. The third-order valence-corrected chi connectivity index (χ3v) is 3.78. The average molecular weight is 321 g/mol. The van der Waals surface area contributed by atoms with Gasteiger partial charge in [0.2, 0.25) is 5.91 Å². The number of aromatic nitrogens is 2. The molecule has 2 aliphatic heterocycles. The Morgan fingerprint density at radius 2 is 2.25 bits per heavy atom. The molecule has 1 atom stereocenters. The summed E-state index contributed by atoms with van der Waals surface area (Å²) in [6.45, 7) is 2.58. The predicted molar refractivity (Wildman–Crippen MR) is 82.5 cm³/mol. The highest BCUT2D eigenvalue weighted by atomic mass is 35.5.